The highest BCUT2D eigenvalue weighted by Crippen LogP contribution is 2.13. The van der Waals surface area contributed by atoms with Crippen molar-refractivity contribution in [2.24, 2.45) is 7.05 Å². The number of methoxy groups -OCH3 is 1. The largest absolute Gasteiger partial charge is 0.491 e. The Morgan fingerprint density at radius 2 is 1.82 bits per heavy atom. The summed E-state index contributed by atoms with van der Waals surface area (Å²) in [6, 6.07) is 12.8. The Balaban J connectivity index is 2.14. The Morgan fingerprint density at radius 1 is 1.05 bits per heavy atom. The molecule has 0 spiro atoms. The van der Waals surface area contributed by atoms with Crippen LogP contribution in [0.1, 0.15) is 5.56 Å². The number of rotatable bonds is 3. The lowest BCUT2D eigenvalue weighted by molar-refractivity contribution is 0.403. The number of benzene rings is 1. The van der Waals surface area contributed by atoms with E-state index in [1.165, 1.54) is 11.7 Å². The van der Waals surface area contributed by atoms with E-state index >= 15 is 0 Å². The van der Waals surface area contributed by atoms with E-state index in [1.807, 2.05) is 30.3 Å². The van der Waals surface area contributed by atoms with E-state index in [4.69, 9.17) is 4.74 Å². The summed E-state index contributed by atoms with van der Waals surface area (Å²) in [5, 5.41) is 0.968. The van der Waals surface area contributed by atoms with Gasteiger partial charge in [-0.1, -0.05) is 18.2 Å². The van der Waals surface area contributed by atoms with Crippen LogP contribution in [-0.4, -0.2) is 16.2 Å². The summed E-state index contributed by atoms with van der Waals surface area (Å²) in [5.74, 6) is 0.264. The van der Waals surface area contributed by atoms with Crippen molar-refractivity contribution in [2.75, 3.05) is 7.11 Å². The van der Waals surface area contributed by atoms with Crippen molar-refractivity contribution in [3.63, 3.8) is 0 Å². The van der Waals surface area contributed by atoms with Crippen molar-refractivity contribution in [1.82, 2.24) is 9.13 Å². The minimum atomic E-state index is -0.250. The zero-order chi connectivity index (χ0) is 15.7. The second-order valence-corrected chi connectivity index (χ2v) is 5.10. The number of aromatic nitrogens is 2. The lowest BCUT2D eigenvalue weighted by Crippen LogP contribution is -2.27. The van der Waals surface area contributed by atoms with Crippen molar-refractivity contribution in [3.05, 3.63) is 74.9 Å². The highest BCUT2D eigenvalue weighted by molar-refractivity contribution is 5.79. The molecule has 22 heavy (non-hydrogen) atoms. The number of hydrogen-bond acceptors (Lipinski definition) is 3. The zero-order valence-corrected chi connectivity index (χ0v) is 12.4. The van der Waals surface area contributed by atoms with Crippen LogP contribution in [-0.2, 0) is 13.6 Å². The molecule has 2 heterocycles. The molecule has 0 aliphatic carbocycles. The van der Waals surface area contributed by atoms with Gasteiger partial charge in [-0.05, 0) is 29.7 Å². The molecule has 0 atom stereocenters. The minimum absolute atomic E-state index is 0.103. The van der Waals surface area contributed by atoms with Crippen molar-refractivity contribution < 1.29 is 4.74 Å². The minimum Gasteiger partial charge on any atom is -0.491 e. The maximum Gasteiger partial charge on any atom is 0.293 e. The Kier molecular flexibility index (Phi) is 3.55. The van der Waals surface area contributed by atoms with Crippen LogP contribution in [0.25, 0.3) is 10.9 Å². The molecule has 112 valence electrons. The standard InChI is InChI=1S/C17H16N2O3/c1-18-14-7-4-3-6-12(14)10-13(16(18)20)11-19-9-5-8-15(22-2)17(19)21/h3-10H,11H2,1-2H3. The molecular weight excluding hydrogens is 280 g/mol. The first-order chi connectivity index (χ1) is 10.6. The van der Waals surface area contributed by atoms with Gasteiger partial charge in [-0.2, -0.15) is 0 Å². The molecular formula is C17H16N2O3. The van der Waals surface area contributed by atoms with E-state index in [0.29, 0.717) is 5.56 Å². The van der Waals surface area contributed by atoms with Crippen LogP contribution < -0.4 is 15.9 Å². The van der Waals surface area contributed by atoms with Crippen molar-refractivity contribution in [2.45, 2.75) is 6.54 Å². The Hall–Kier alpha value is -2.82. The quantitative estimate of drug-likeness (QED) is 0.740. The second kappa shape index (κ2) is 5.52. The number of para-hydroxylation sites is 1. The predicted molar refractivity (Wildman–Crippen MR) is 85.5 cm³/mol. The SMILES string of the molecule is COc1cccn(Cc2cc3ccccc3n(C)c2=O)c1=O. The highest BCUT2D eigenvalue weighted by Gasteiger charge is 2.09. The molecule has 3 rings (SSSR count). The van der Waals surface area contributed by atoms with Crippen LogP contribution in [0.15, 0.2) is 58.3 Å². The second-order valence-electron chi connectivity index (χ2n) is 5.10. The number of ether oxygens (including phenoxy) is 1. The third-order valence-corrected chi connectivity index (χ3v) is 3.75. The average molecular weight is 296 g/mol. The number of pyridine rings is 2. The van der Waals surface area contributed by atoms with Crippen LogP contribution >= 0.6 is 0 Å². The summed E-state index contributed by atoms with van der Waals surface area (Å²) in [7, 11) is 3.19. The fourth-order valence-corrected chi connectivity index (χ4v) is 2.58. The molecule has 0 bridgehead atoms. The fourth-order valence-electron chi connectivity index (χ4n) is 2.58. The first kappa shape index (κ1) is 14.1. The van der Waals surface area contributed by atoms with Crippen LogP contribution in [0.5, 0.6) is 5.75 Å². The van der Waals surface area contributed by atoms with Crippen LogP contribution in [0, 0.1) is 0 Å². The molecule has 0 radical (unpaired) electrons. The molecule has 0 saturated carbocycles. The molecule has 0 saturated heterocycles. The number of hydrogen-bond donors (Lipinski definition) is 0. The smallest absolute Gasteiger partial charge is 0.293 e. The summed E-state index contributed by atoms with van der Waals surface area (Å²) >= 11 is 0. The number of aryl methyl sites for hydroxylation is 1. The van der Waals surface area contributed by atoms with Gasteiger partial charge in [0.05, 0.1) is 19.2 Å². The molecule has 3 aromatic rings. The van der Waals surface area contributed by atoms with Gasteiger partial charge >= 0.3 is 0 Å². The van der Waals surface area contributed by atoms with Gasteiger partial charge in [0, 0.05) is 18.8 Å². The van der Waals surface area contributed by atoms with E-state index < -0.39 is 0 Å². The number of nitrogens with zero attached hydrogens (tertiary/aromatic N) is 2. The van der Waals surface area contributed by atoms with E-state index in [2.05, 4.69) is 0 Å². The molecule has 5 heteroatoms. The summed E-state index contributed by atoms with van der Waals surface area (Å²) in [6.45, 7) is 0.216. The molecule has 0 unspecified atom stereocenters. The third-order valence-electron chi connectivity index (χ3n) is 3.75. The van der Waals surface area contributed by atoms with E-state index in [9.17, 15) is 9.59 Å². The molecule has 0 aliphatic heterocycles. The fraction of sp³-hybridized carbons (Fsp3) is 0.176. The van der Waals surface area contributed by atoms with Gasteiger partial charge < -0.3 is 13.9 Å². The summed E-state index contributed by atoms with van der Waals surface area (Å²) in [5.41, 5.74) is 1.08. The Morgan fingerprint density at radius 3 is 2.59 bits per heavy atom. The topological polar surface area (TPSA) is 53.2 Å². The van der Waals surface area contributed by atoms with Crippen LogP contribution in [0.3, 0.4) is 0 Å². The lowest BCUT2D eigenvalue weighted by Gasteiger charge is -2.11. The lowest BCUT2D eigenvalue weighted by atomic mass is 10.1. The summed E-state index contributed by atoms with van der Waals surface area (Å²) < 4.78 is 8.11. The van der Waals surface area contributed by atoms with Gasteiger partial charge in [0.15, 0.2) is 5.75 Å². The maximum atomic E-state index is 12.5. The molecule has 0 fully saturated rings. The molecule has 0 aliphatic rings. The van der Waals surface area contributed by atoms with E-state index in [-0.39, 0.29) is 23.4 Å². The van der Waals surface area contributed by atoms with E-state index in [1.54, 1.807) is 29.9 Å². The number of fused-ring (bicyclic) bond motifs is 1. The van der Waals surface area contributed by atoms with Crippen molar-refractivity contribution in [1.29, 1.82) is 0 Å². The molecule has 0 N–H and O–H groups in total. The van der Waals surface area contributed by atoms with Gasteiger partial charge in [-0.25, -0.2) is 0 Å². The third kappa shape index (κ3) is 2.30. The molecule has 0 amide bonds. The predicted octanol–water partition coefficient (Wildman–Crippen LogP) is 1.76. The first-order valence-corrected chi connectivity index (χ1v) is 6.93. The molecule has 1 aromatic carbocycles. The first-order valence-electron chi connectivity index (χ1n) is 6.93. The van der Waals surface area contributed by atoms with Crippen molar-refractivity contribution in [3.8, 4) is 5.75 Å². The van der Waals surface area contributed by atoms with Gasteiger partial charge in [-0.15, -0.1) is 0 Å². The normalized spacial score (nSPS) is 10.8. The van der Waals surface area contributed by atoms with E-state index in [0.717, 1.165) is 10.9 Å². The zero-order valence-electron chi connectivity index (χ0n) is 12.4. The molecule has 2 aromatic heterocycles. The Labute approximate surface area is 127 Å². The maximum absolute atomic E-state index is 12.5. The highest BCUT2D eigenvalue weighted by atomic mass is 16.5. The average Bonchev–Trinajstić information content (AvgIpc) is 2.54. The summed E-state index contributed by atoms with van der Waals surface area (Å²) in [6.07, 6.45) is 1.65. The Bertz CT molecular complexity index is 954. The van der Waals surface area contributed by atoms with Crippen molar-refractivity contribution >= 4 is 10.9 Å². The monoisotopic (exact) mass is 296 g/mol. The summed E-state index contributed by atoms with van der Waals surface area (Å²) in [4.78, 5) is 24.7. The molecule has 5 nitrogen and oxygen atoms in total. The van der Waals surface area contributed by atoms with Crippen LogP contribution in [0.4, 0.5) is 0 Å². The van der Waals surface area contributed by atoms with Gasteiger partial charge in [-0.3, -0.25) is 9.59 Å². The van der Waals surface area contributed by atoms with Gasteiger partial charge in [0.2, 0.25) is 0 Å². The van der Waals surface area contributed by atoms with Gasteiger partial charge in [0.1, 0.15) is 0 Å². The van der Waals surface area contributed by atoms with Gasteiger partial charge in [0.25, 0.3) is 11.1 Å². The van der Waals surface area contributed by atoms with Crippen LogP contribution in [0.2, 0.25) is 0 Å².